The van der Waals surface area contributed by atoms with Crippen LogP contribution < -0.4 is 0 Å². The Morgan fingerprint density at radius 3 is 2.83 bits per heavy atom. The van der Waals surface area contributed by atoms with E-state index in [1.54, 1.807) is 0 Å². The summed E-state index contributed by atoms with van der Waals surface area (Å²) in [6.45, 7) is 3.80. The van der Waals surface area contributed by atoms with Gasteiger partial charge in [-0.2, -0.15) is 0 Å². The largest absolute Gasteiger partial charge is 0.337 e. The molecule has 0 atom stereocenters. The van der Waals surface area contributed by atoms with Crippen LogP contribution in [-0.4, -0.2) is 33.3 Å². The van der Waals surface area contributed by atoms with Gasteiger partial charge >= 0.3 is 0 Å². The first-order chi connectivity index (χ1) is 8.81. The highest BCUT2D eigenvalue weighted by atomic mass is 16.2. The lowest BCUT2D eigenvalue weighted by molar-refractivity contribution is 0.0789. The molecule has 2 aromatic heterocycles. The van der Waals surface area contributed by atoms with Crippen LogP contribution in [0.3, 0.4) is 0 Å². The van der Waals surface area contributed by atoms with Crippen LogP contribution in [-0.2, 0) is 6.42 Å². The highest BCUT2D eigenvalue weighted by Gasteiger charge is 2.24. The third kappa shape index (κ3) is 1.68. The van der Waals surface area contributed by atoms with Crippen molar-refractivity contribution in [2.75, 3.05) is 13.1 Å². The van der Waals surface area contributed by atoms with Crippen LogP contribution in [0.4, 0.5) is 0 Å². The maximum atomic E-state index is 12.4. The van der Waals surface area contributed by atoms with Crippen molar-refractivity contribution in [1.29, 1.82) is 0 Å². The summed E-state index contributed by atoms with van der Waals surface area (Å²) in [5.41, 5.74) is 1.53. The molecule has 0 aromatic carbocycles. The van der Waals surface area contributed by atoms with E-state index >= 15 is 0 Å². The summed E-state index contributed by atoms with van der Waals surface area (Å²) in [5.74, 6) is 1.03. The van der Waals surface area contributed by atoms with Crippen LogP contribution in [0.1, 0.15) is 36.1 Å². The van der Waals surface area contributed by atoms with Gasteiger partial charge in [0.2, 0.25) is 0 Å². The van der Waals surface area contributed by atoms with Crippen molar-refractivity contribution >= 4 is 11.4 Å². The first kappa shape index (κ1) is 11.3. The zero-order chi connectivity index (χ0) is 12.5. The molecule has 2 aromatic rings. The summed E-state index contributed by atoms with van der Waals surface area (Å²) in [6.07, 6.45) is 5.02. The molecule has 0 radical (unpaired) electrons. The van der Waals surface area contributed by atoms with Crippen LogP contribution in [0.25, 0.3) is 5.52 Å². The Bertz CT molecular complexity index is 582. The minimum absolute atomic E-state index is 0.0795. The van der Waals surface area contributed by atoms with Crippen molar-refractivity contribution in [2.45, 2.75) is 26.2 Å². The average molecular weight is 243 g/mol. The number of imidazole rings is 1. The van der Waals surface area contributed by atoms with Gasteiger partial charge in [0.05, 0.1) is 5.52 Å². The summed E-state index contributed by atoms with van der Waals surface area (Å²) >= 11 is 0. The van der Waals surface area contributed by atoms with Crippen LogP contribution in [0.5, 0.6) is 0 Å². The number of pyridine rings is 1. The summed E-state index contributed by atoms with van der Waals surface area (Å²) in [6, 6.07) is 5.89. The van der Waals surface area contributed by atoms with Crippen molar-refractivity contribution in [3.63, 3.8) is 0 Å². The van der Waals surface area contributed by atoms with Crippen molar-refractivity contribution in [1.82, 2.24) is 14.3 Å². The Labute approximate surface area is 106 Å². The molecule has 94 valence electrons. The van der Waals surface area contributed by atoms with Crippen molar-refractivity contribution < 1.29 is 4.79 Å². The number of rotatable bonds is 2. The predicted octanol–water partition coefficient (Wildman–Crippen LogP) is 2.13. The Morgan fingerprint density at radius 2 is 2.11 bits per heavy atom. The van der Waals surface area contributed by atoms with Gasteiger partial charge in [-0.15, -0.1) is 0 Å². The second kappa shape index (κ2) is 4.44. The van der Waals surface area contributed by atoms with Gasteiger partial charge in [0.25, 0.3) is 5.91 Å². The highest BCUT2D eigenvalue weighted by molar-refractivity contribution is 5.99. The predicted molar refractivity (Wildman–Crippen MR) is 69.7 cm³/mol. The zero-order valence-electron chi connectivity index (χ0n) is 10.6. The van der Waals surface area contributed by atoms with Gasteiger partial charge in [0.15, 0.2) is 5.69 Å². The van der Waals surface area contributed by atoms with Crippen LogP contribution in [0, 0.1) is 0 Å². The number of amides is 1. The zero-order valence-corrected chi connectivity index (χ0v) is 10.6. The number of hydrogen-bond donors (Lipinski definition) is 0. The molecule has 1 aliphatic heterocycles. The fraction of sp³-hybridized carbons (Fsp3) is 0.429. The van der Waals surface area contributed by atoms with E-state index in [1.807, 2.05) is 33.7 Å². The number of likely N-dealkylation sites (tertiary alicyclic amines) is 1. The van der Waals surface area contributed by atoms with Crippen molar-refractivity contribution in [3.8, 4) is 0 Å². The van der Waals surface area contributed by atoms with Gasteiger partial charge in [-0.25, -0.2) is 4.98 Å². The normalized spacial score (nSPS) is 15.5. The van der Waals surface area contributed by atoms with E-state index in [-0.39, 0.29) is 5.91 Å². The maximum Gasteiger partial charge on any atom is 0.274 e. The third-order valence-electron chi connectivity index (χ3n) is 3.53. The Balaban J connectivity index is 2.08. The number of aromatic nitrogens is 2. The van der Waals surface area contributed by atoms with Gasteiger partial charge < -0.3 is 9.30 Å². The molecule has 0 aliphatic carbocycles. The molecule has 0 bridgehead atoms. The lowest BCUT2D eigenvalue weighted by Crippen LogP contribution is -2.28. The minimum Gasteiger partial charge on any atom is -0.337 e. The van der Waals surface area contributed by atoms with Gasteiger partial charge in [-0.1, -0.05) is 13.0 Å². The molecule has 0 spiro atoms. The average Bonchev–Trinajstić information content (AvgIpc) is 3.05. The Hall–Kier alpha value is -1.84. The molecule has 4 heteroatoms. The summed E-state index contributed by atoms with van der Waals surface area (Å²) in [7, 11) is 0. The van der Waals surface area contributed by atoms with Gasteiger partial charge in [0, 0.05) is 25.7 Å². The molecule has 1 amide bonds. The van der Waals surface area contributed by atoms with E-state index in [1.165, 1.54) is 0 Å². The fourth-order valence-corrected chi connectivity index (χ4v) is 2.58. The molecular formula is C14H17N3O. The van der Waals surface area contributed by atoms with Crippen LogP contribution in [0.15, 0.2) is 24.4 Å². The molecule has 3 rings (SSSR count). The summed E-state index contributed by atoms with van der Waals surface area (Å²) < 4.78 is 2.02. The van der Waals surface area contributed by atoms with E-state index in [0.29, 0.717) is 5.69 Å². The molecule has 0 saturated carbocycles. The van der Waals surface area contributed by atoms with Crippen LogP contribution >= 0.6 is 0 Å². The number of carbonyl (C=O) groups is 1. The van der Waals surface area contributed by atoms with Crippen molar-refractivity contribution in [3.05, 3.63) is 35.9 Å². The number of aryl methyl sites for hydroxylation is 1. The molecule has 1 saturated heterocycles. The van der Waals surface area contributed by atoms with E-state index in [9.17, 15) is 4.79 Å². The molecule has 4 nitrogen and oxygen atoms in total. The molecule has 0 unspecified atom stereocenters. The maximum absolute atomic E-state index is 12.4. The van der Waals surface area contributed by atoms with Gasteiger partial charge in [-0.3, -0.25) is 4.79 Å². The molecule has 0 N–H and O–H groups in total. The first-order valence-corrected chi connectivity index (χ1v) is 6.56. The van der Waals surface area contributed by atoms with E-state index < -0.39 is 0 Å². The van der Waals surface area contributed by atoms with Crippen LogP contribution in [0.2, 0.25) is 0 Å². The molecule has 1 aliphatic rings. The number of fused-ring (bicyclic) bond motifs is 1. The molecule has 3 heterocycles. The van der Waals surface area contributed by atoms with E-state index in [4.69, 9.17) is 0 Å². The Kier molecular flexibility index (Phi) is 2.78. The number of hydrogen-bond acceptors (Lipinski definition) is 2. The first-order valence-electron chi connectivity index (χ1n) is 6.56. The second-order valence-electron chi connectivity index (χ2n) is 4.69. The summed E-state index contributed by atoms with van der Waals surface area (Å²) in [5, 5.41) is 0. The van der Waals surface area contributed by atoms with E-state index in [2.05, 4.69) is 11.9 Å². The quantitative estimate of drug-likeness (QED) is 0.810. The van der Waals surface area contributed by atoms with Gasteiger partial charge in [-0.05, 0) is 25.0 Å². The Morgan fingerprint density at radius 1 is 1.33 bits per heavy atom. The number of carbonyl (C=O) groups excluding carboxylic acids is 1. The smallest absolute Gasteiger partial charge is 0.274 e. The monoisotopic (exact) mass is 243 g/mol. The topological polar surface area (TPSA) is 37.6 Å². The second-order valence-corrected chi connectivity index (χ2v) is 4.69. The van der Waals surface area contributed by atoms with E-state index in [0.717, 1.165) is 43.7 Å². The standard InChI is InChI=1S/C14H17N3O/c1-2-12-15-13(11-7-3-4-10-17(11)12)14(18)16-8-5-6-9-16/h3-4,7,10H,2,5-6,8-9H2,1H3. The number of nitrogens with zero attached hydrogens (tertiary/aromatic N) is 3. The minimum atomic E-state index is 0.0795. The fourth-order valence-electron chi connectivity index (χ4n) is 2.58. The lowest BCUT2D eigenvalue weighted by Gasteiger charge is -2.13. The van der Waals surface area contributed by atoms with Gasteiger partial charge in [0.1, 0.15) is 5.82 Å². The molecular weight excluding hydrogens is 226 g/mol. The summed E-state index contributed by atoms with van der Waals surface area (Å²) in [4.78, 5) is 18.9. The van der Waals surface area contributed by atoms with Crippen molar-refractivity contribution in [2.24, 2.45) is 0 Å². The highest BCUT2D eigenvalue weighted by Crippen LogP contribution is 2.18. The molecule has 18 heavy (non-hydrogen) atoms. The molecule has 1 fully saturated rings. The SMILES string of the molecule is CCc1nc(C(=O)N2CCCC2)c2ccccn12. The lowest BCUT2D eigenvalue weighted by atomic mass is 10.3. The third-order valence-corrected chi connectivity index (χ3v) is 3.53.